The average Bonchev–Trinajstić information content (AvgIpc) is 2.82. The zero-order valence-corrected chi connectivity index (χ0v) is 11.4. The average molecular weight is 280 g/mol. The van der Waals surface area contributed by atoms with Crippen LogP contribution in [0.5, 0.6) is 0 Å². The van der Waals surface area contributed by atoms with Crippen molar-refractivity contribution in [1.29, 1.82) is 0 Å². The van der Waals surface area contributed by atoms with Crippen LogP contribution in [0.15, 0.2) is 24.3 Å². The molecule has 0 aliphatic carbocycles. The van der Waals surface area contributed by atoms with Crippen LogP contribution in [0.2, 0.25) is 0 Å². The zero-order chi connectivity index (χ0) is 13.5. The molecule has 3 N–H and O–H groups in total. The van der Waals surface area contributed by atoms with Crippen LogP contribution in [0.25, 0.3) is 0 Å². The monoisotopic (exact) mass is 280 g/mol. The molecule has 0 unspecified atom stereocenters. The van der Waals surface area contributed by atoms with Gasteiger partial charge in [0.1, 0.15) is 11.6 Å². The summed E-state index contributed by atoms with van der Waals surface area (Å²) < 4.78 is 17.3. The van der Waals surface area contributed by atoms with Crippen LogP contribution >= 0.6 is 11.5 Å². The molecule has 0 radical (unpaired) electrons. The Morgan fingerprint density at radius 1 is 1.32 bits per heavy atom. The van der Waals surface area contributed by atoms with Gasteiger partial charge in [-0.05, 0) is 37.1 Å². The molecular formula is C13H17FN4S. The third-order valence-corrected chi connectivity index (χ3v) is 3.34. The van der Waals surface area contributed by atoms with E-state index in [1.807, 2.05) is 6.07 Å². The highest BCUT2D eigenvalue weighted by atomic mass is 32.1. The fraction of sp³-hybridized carbons (Fsp3) is 0.385. The Kier molecular flexibility index (Phi) is 5.23. The predicted molar refractivity (Wildman–Crippen MR) is 75.9 cm³/mol. The van der Waals surface area contributed by atoms with Crippen LogP contribution in [-0.4, -0.2) is 22.4 Å². The van der Waals surface area contributed by atoms with Gasteiger partial charge in [-0.2, -0.15) is 4.37 Å². The number of nitrogens with one attached hydrogen (secondary N) is 1. The maximum atomic E-state index is 13.1. The standard InChI is InChI=1S/C13H17FN4S/c14-11-5-3-4-10(8-11)9-12-17-13(19-18-12)16-7-2-1-6-15/h3-5,8H,1-2,6-7,9,15H2,(H,16,17,18). The highest BCUT2D eigenvalue weighted by molar-refractivity contribution is 7.09. The first-order valence-electron chi connectivity index (χ1n) is 6.29. The Balaban J connectivity index is 1.87. The molecule has 0 spiro atoms. The number of halogens is 1. The minimum absolute atomic E-state index is 0.229. The first-order chi connectivity index (χ1) is 9.28. The molecule has 19 heavy (non-hydrogen) atoms. The summed E-state index contributed by atoms with van der Waals surface area (Å²) in [5.74, 6) is 0.491. The lowest BCUT2D eigenvalue weighted by Gasteiger charge is -2.00. The lowest BCUT2D eigenvalue weighted by Crippen LogP contribution is -2.05. The molecule has 0 aliphatic rings. The normalized spacial score (nSPS) is 10.6. The molecule has 1 aromatic heterocycles. The zero-order valence-electron chi connectivity index (χ0n) is 10.6. The van der Waals surface area contributed by atoms with Crippen molar-refractivity contribution in [2.24, 2.45) is 5.73 Å². The van der Waals surface area contributed by atoms with Crippen LogP contribution < -0.4 is 11.1 Å². The second-order valence-electron chi connectivity index (χ2n) is 4.25. The summed E-state index contributed by atoms with van der Waals surface area (Å²) in [7, 11) is 0. The number of nitrogens with zero attached hydrogens (tertiary/aromatic N) is 2. The first kappa shape index (κ1) is 13.9. The molecule has 6 heteroatoms. The molecule has 4 nitrogen and oxygen atoms in total. The topological polar surface area (TPSA) is 63.8 Å². The molecular weight excluding hydrogens is 263 g/mol. The summed E-state index contributed by atoms with van der Waals surface area (Å²) in [5.41, 5.74) is 6.31. The predicted octanol–water partition coefficient (Wildman–Crippen LogP) is 2.42. The summed E-state index contributed by atoms with van der Waals surface area (Å²) in [4.78, 5) is 4.38. The molecule has 0 aliphatic heterocycles. The van der Waals surface area contributed by atoms with Crippen molar-refractivity contribution in [3.05, 3.63) is 41.5 Å². The molecule has 0 amide bonds. The molecule has 1 aromatic carbocycles. The van der Waals surface area contributed by atoms with Gasteiger partial charge in [0.15, 0.2) is 0 Å². The van der Waals surface area contributed by atoms with E-state index in [1.54, 1.807) is 6.07 Å². The Labute approximate surface area is 116 Å². The lowest BCUT2D eigenvalue weighted by molar-refractivity contribution is 0.626. The Morgan fingerprint density at radius 3 is 3.00 bits per heavy atom. The van der Waals surface area contributed by atoms with Gasteiger partial charge in [-0.3, -0.25) is 0 Å². The number of aromatic nitrogens is 2. The number of unbranched alkanes of at least 4 members (excludes halogenated alkanes) is 1. The van der Waals surface area contributed by atoms with Crippen LogP contribution in [0.1, 0.15) is 24.2 Å². The van der Waals surface area contributed by atoms with Gasteiger partial charge < -0.3 is 11.1 Å². The van der Waals surface area contributed by atoms with Crippen molar-refractivity contribution >= 4 is 16.7 Å². The SMILES string of the molecule is NCCCCNc1nc(Cc2cccc(F)c2)ns1. The van der Waals surface area contributed by atoms with E-state index in [-0.39, 0.29) is 5.82 Å². The van der Waals surface area contributed by atoms with Gasteiger partial charge >= 0.3 is 0 Å². The minimum atomic E-state index is -0.229. The van der Waals surface area contributed by atoms with Gasteiger partial charge in [0.25, 0.3) is 0 Å². The van der Waals surface area contributed by atoms with E-state index in [0.29, 0.717) is 13.0 Å². The van der Waals surface area contributed by atoms with Crippen molar-refractivity contribution in [3.8, 4) is 0 Å². The first-order valence-corrected chi connectivity index (χ1v) is 7.06. The maximum Gasteiger partial charge on any atom is 0.202 e. The summed E-state index contributed by atoms with van der Waals surface area (Å²) in [6.07, 6.45) is 2.58. The maximum absolute atomic E-state index is 13.1. The van der Waals surface area contributed by atoms with E-state index in [4.69, 9.17) is 5.73 Å². The lowest BCUT2D eigenvalue weighted by atomic mass is 10.1. The molecule has 2 aromatic rings. The third-order valence-electron chi connectivity index (χ3n) is 2.63. The molecule has 0 saturated carbocycles. The summed E-state index contributed by atoms with van der Waals surface area (Å²) in [5, 5.41) is 4.02. The molecule has 0 bridgehead atoms. The van der Waals surface area contributed by atoms with Crippen LogP contribution in [-0.2, 0) is 6.42 Å². The van der Waals surface area contributed by atoms with Crippen LogP contribution in [0, 0.1) is 5.82 Å². The van der Waals surface area contributed by atoms with Gasteiger partial charge in [-0.15, -0.1) is 0 Å². The van der Waals surface area contributed by atoms with Gasteiger partial charge in [0.2, 0.25) is 5.13 Å². The van der Waals surface area contributed by atoms with Crippen molar-refractivity contribution in [3.63, 3.8) is 0 Å². The van der Waals surface area contributed by atoms with Crippen LogP contribution in [0.3, 0.4) is 0 Å². The third kappa shape index (κ3) is 4.57. The van der Waals surface area contributed by atoms with E-state index in [0.717, 1.165) is 35.9 Å². The molecule has 102 valence electrons. The molecule has 2 rings (SSSR count). The van der Waals surface area contributed by atoms with Gasteiger partial charge in [-0.25, -0.2) is 9.37 Å². The number of benzene rings is 1. The van der Waals surface area contributed by atoms with E-state index in [2.05, 4.69) is 14.7 Å². The Morgan fingerprint density at radius 2 is 2.21 bits per heavy atom. The molecule has 0 fully saturated rings. The second-order valence-corrected chi connectivity index (χ2v) is 5.00. The number of anilines is 1. The van der Waals surface area contributed by atoms with Crippen molar-refractivity contribution < 1.29 is 4.39 Å². The highest BCUT2D eigenvalue weighted by Gasteiger charge is 2.05. The van der Waals surface area contributed by atoms with E-state index in [1.165, 1.54) is 23.7 Å². The van der Waals surface area contributed by atoms with Crippen molar-refractivity contribution in [2.75, 3.05) is 18.4 Å². The minimum Gasteiger partial charge on any atom is -0.360 e. The van der Waals surface area contributed by atoms with E-state index in [9.17, 15) is 4.39 Å². The fourth-order valence-electron chi connectivity index (χ4n) is 1.69. The van der Waals surface area contributed by atoms with E-state index < -0.39 is 0 Å². The largest absolute Gasteiger partial charge is 0.360 e. The van der Waals surface area contributed by atoms with Gasteiger partial charge in [0.05, 0.1) is 0 Å². The van der Waals surface area contributed by atoms with Crippen molar-refractivity contribution in [1.82, 2.24) is 9.36 Å². The second kappa shape index (κ2) is 7.16. The molecule has 0 saturated heterocycles. The highest BCUT2D eigenvalue weighted by Crippen LogP contribution is 2.14. The smallest absolute Gasteiger partial charge is 0.202 e. The number of hydrogen-bond acceptors (Lipinski definition) is 5. The van der Waals surface area contributed by atoms with Crippen LogP contribution in [0.4, 0.5) is 9.52 Å². The number of rotatable bonds is 7. The van der Waals surface area contributed by atoms with Gasteiger partial charge in [0, 0.05) is 24.5 Å². The number of hydrogen-bond donors (Lipinski definition) is 2. The van der Waals surface area contributed by atoms with Gasteiger partial charge in [-0.1, -0.05) is 12.1 Å². The quantitative estimate of drug-likeness (QED) is 0.765. The fourth-order valence-corrected chi connectivity index (χ4v) is 2.30. The van der Waals surface area contributed by atoms with E-state index >= 15 is 0 Å². The summed E-state index contributed by atoms with van der Waals surface area (Å²) in [6, 6.07) is 6.51. The Bertz CT molecular complexity index is 515. The Hall–Kier alpha value is -1.53. The summed E-state index contributed by atoms with van der Waals surface area (Å²) in [6.45, 7) is 1.56. The number of nitrogens with two attached hydrogens (primary N) is 1. The molecule has 1 heterocycles. The molecule has 0 atom stereocenters. The summed E-state index contributed by atoms with van der Waals surface area (Å²) >= 11 is 1.33. The van der Waals surface area contributed by atoms with Crippen molar-refractivity contribution in [2.45, 2.75) is 19.3 Å².